The summed E-state index contributed by atoms with van der Waals surface area (Å²) in [5.74, 6) is -0.971. The Kier molecular flexibility index (Phi) is 3.94. The van der Waals surface area contributed by atoms with Crippen molar-refractivity contribution in [1.29, 1.82) is 5.41 Å². The van der Waals surface area contributed by atoms with Gasteiger partial charge < -0.3 is 10.5 Å². The van der Waals surface area contributed by atoms with Crippen molar-refractivity contribution < 1.29 is 9.90 Å². The number of aliphatic carboxylic acids is 1. The average Bonchev–Trinajstić information content (AvgIpc) is 2.56. The van der Waals surface area contributed by atoms with Crippen molar-refractivity contribution in [2.75, 3.05) is 0 Å². The first-order chi connectivity index (χ1) is 11.1. The number of carboxylic acid groups (broad SMARTS) is 1. The molecule has 3 rings (SSSR count). The minimum absolute atomic E-state index is 0.234. The Morgan fingerprint density at radius 1 is 1.04 bits per heavy atom. The molecule has 0 aromatic heterocycles. The molecule has 0 aliphatic rings. The van der Waals surface area contributed by atoms with Gasteiger partial charge in [0, 0.05) is 11.1 Å². The lowest BCUT2D eigenvalue weighted by molar-refractivity contribution is -0.132. The molecule has 0 bridgehead atoms. The normalized spacial score (nSPS) is 11.8. The van der Waals surface area contributed by atoms with Crippen molar-refractivity contribution >= 4 is 33.2 Å². The lowest BCUT2D eigenvalue weighted by Crippen LogP contribution is -2.05. The summed E-state index contributed by atoms with van der Waals surface area (Å²) in [6.45, 7) is 1.79. The van der Waals surface area contributed by atoms with Gasteiger partial charge in [0.2, 0.25) is 0 Å². The lowest BCUT2D eigenvalue weighted by Gasteiger charge is -2.11. The fourth-order valence-corrected chi connectivity index (χ4v) is 2.87. The summed E-state index contributed by atoms with van der Waals surface area (Å²) in [5.41, 5.74) is 1.26. The molecule has 3 aromatic rings. The molecule has 0 radical (unpaired) electrons. The first-order valence-corrected chi connectivity index (χ1v) is 7.55. The number of carboxylic acids is 1. The van der Waals surface area contributed by atoms with E-state index in [4.69, 9.17) is 5.41 Å². The van der Waals surface area contributed by atoms with Crippen molar-refractivity contribution in [3.63, 3.8) is 0 Å². The van der Waals surface area contributed by atoms with E-state index in [9.17, 15) is 9.90 Å². The Balaban J connectivity index is 2.33. The van der Waals surface area contributed by atoms with Crippen LogP contribution in [0.4, 0.5) is 0 Å². The third-order valence-corrected chi connectivity index (χ3v) is 4.01. The SMILES string of the molecule is CCC(=CC(=N)c1c2ccccc2cc2ccccc12)C(=O)O. The molecule has 3 nitrogen and oxygen atoms in total. The zero-order valence-electron chi connectivity index (χ0n) is 12.8. The standard InChI is InChI=1S/C20H17NO2/c1-2-13(20(22)23)12-18(21)19-16-9-5-3-7-14(16)11-15-8-4-6-10-17(15)19/h3-12,21H,2H2,1H3,(H,22,23). The molecule has 0 atom stereocenters. The van der Waals surface area contributed by atoms with Gasteiger partial charge in [-0.15, -0.1) is 0 Å². The molecule has 3 aromatic carbocycles. The Morgan fingerprint density at radius 2 is 1.57 bits per heavy atom. The number of carbonyl (C=O) groups is 1. The van der Waals surface area contributed by atoms with Gasteiger partial charge in [-0.2, -0.15) is 0 Å². The predicted molar refractivity (Wildman–Crippen MR) is 94.3 cm³/mol. The second-order valence-corrected chi connectivity index (χ2v) is 5.44. The maximum atomic E-state index is 11.3. The highest BCUT2D eigenvalue weighted by molar-refractivity contribution is 6.24. The van der Waals surface area contributed by atoms with E-state index in [1.54, 1.807) is 6.92 Å². The van der Waals surface area contributed by atoms with Crippen LogP contribution in [0.15, 0.2) is 66.2 Å². The molecular formula is C20H17NO2. The summed E-state index contributed by atoms with van der Waals surface area (Å²) in [4.78, 5) is 11.3. The van der Waals surface area contributed by atoms with E-state index in [2.05, 4.69) is 6.07 Å². The fourth-order valence-electron chi connectivity index (χ4n) is 2.87. The van der Waals surface area contributed by atoms with Crippen LogP contribution in [0.1, 0.15) is 18.9 Å². The summed E-state index contributed by atoms with van der Waals surface area (Å²) >= 11 is 0. The monoisotopic (exact) mass is 303 g/mol. The summed E-state index contributed by atoms with van der Waals surface area (Å²) in [5, 5.41) is 21.7. The van der Waals surface area contributed by atoms with Gasteiger partial charge >= 0.3 is 5.97 Å². The quantitative estimate of drug-likeness (QED) is 0.414. The van der Waals surface area contributed by atoms with Crippen molar-refractivity contribution in [3.8, 4) is 0 Å². The number of rotatable bonds is 4. The Labute approximate surface area is 134 Å². The summed E-state index contributed by atoms with van der Waals surface area (Å²) in [6, 6.07) is 17.9. The van der Waals surface area contributed by atoms with Crippen molar-refractivity contribution in [2.45, 2.75) is 13.3 Å². The molecule has 0 fully saturated rings. The summed E-state index contributed by atoms with van der Waals surface area (Å²) in [6.07, 6.45) is 1.86. The number of hydrogen-bond acceptors (Lipinski definition) is 2. The summed E-state index contributed by atoms with van der Waals surface area (Å²) in [7, 11) is 0. The zero-order valence-corrected chi connectivity index (χ0v) is 12.8. The van der Waals surface area contributed by atoms with Crippen LogP contribution in [0.5, 0.6) is 0 Å². The van der Waals surface area contributed by atoms with Gasteiger partial charge in [0.15, 0.2) is 0 Å². The van der Waals surface area contributed by atoms with E-state index in [1.807, 2.05) is 48.5 Å². The Hall–Kier alpha value is -2.94. The molecule has 3 heteroatoms. The van der Waals surface area contributed by atoms with Crippen LogP contribution in [-0.2, 0) is 4.79 Å². The van der Waals surface area contributed by atoms with Crippen LogP contribution >= 0.6 is 0 Å². The first kappa shape index (κ1) is 15.0. The van der Waals surface area contributed by atoms with E-state index in [1.165, 1.54) is 6.08 Å². The van der Waals surface area contributed by atoms with Gasteiger partial charge in [-0.1, -0.05) is 55.5 Å². The average molecular weight is 303 g/mol. The van der Waals surface area contributed by atoms with Gasteiger partial charge in [-0.25, -0.2) is 4.79 Å². The second-order valence-electron chi connectivity index (χ2n) is 5.44. The van der Waals surface area contributed by atoms with Crippen LogP contribution in [0.3, 0.4) is 0 Å². The third kappa shape index (κ3) is 2.73. The van der Waals surface area contributed by atoms with Crippen LogP contribution in [0.25, 0.3) is 21.5 Å². The number of fused-ring (bicyclic) bond motifs is 2. The predicted octanol–water partition coefficient (Wildman–Crippen LogP) is 4.78. The topological polar surface area (TPSA) is 61.2 Å². The molecular weight excluding hydrogens is 286 g/mol. The number of allylic oxidation sites excluding steroid dienone is 1. The zero-order chi connectivity index (χ0) is 16.4. The lowest BCUT2D eigenvalue weighted by atomic mass is 9.93. The maximum Gasteiger partial charge on any atom is 0.331 e. The highest BCUT2D eigenvalue weighted by atomic mass is 16.4. The van der Waals surface area contributed by atoms with Gasteiger partial charge in [0.1, 0.15) is 0 Å². The number of nitrogens with one attached hydrogen (secondary N) is 1. The van der Waals surface area contributed by atoms with Crippen LogP contribution < -0.4 is 0 Å². The number of hydrogen-bond donors (Lipinski definition) is 2. The van der Waals surface area contributed by atoms with E-state index in [0.29, 0.717) is 6.42 Å². The molecule has 23 heavy (non-hydrogen) atoms. The van der Waals surface area contributed by atoms with E-state index < -0.39 is 5.97 Å². The molecule has 2 N–H and O–H groups in total. The van der Waals surface area contributed by atoms with Crippen LogP contribution in [0.2, 0.25) is 0 Å². The Bertz CT molecular complexity index is 900. The molecule has 0 spiro atoms. The minimum Gasteiger partial charge on any atom is -0.478 e. The van der Waals surface area contributed by atoms with E-state index in [0.717, 1.165) is 27.1 Å². The second kappa shape index (κ2) is 6.05. The molecule has 114 valence electrons. The first-order valence-electron chi connectivity index (χ1n) is 7.55. The van der Waals surface area contributed by atoms with Crippen molar-refractivity contribution in [3.05, 3.63) is 71.8 Å². The molecule has 0 amide bonds. The molecule has 0 saturated heterocycles. The molecule has 0 aliphatic carbocycles. The highest BCUT2D eigenvalue weighted by Crippen LogP contribution is 2.29. The molecule has 0 unspecified atom stereocenters. The van der Waals surface area contributed by atoms with Crippen molar-refractivity contribution in [1.82, 2.24) is 0 Å². The van der Waals surface area contributed by atoms with E-state index in [-0.39, 0.29) is 11.3 Å². The van der Waals surface area contributed by atoms with Gasteiger partial charge in [0.05, 0.1) is 5.71 Å². The third-order valence-electron chi connectivity index (χ3n) is 4.01. The van der Waals surface area contributed by atoms with Gasteiger partial charge in [0.25, 0.3) is 0 Å². The largest absolute Gasteiger partial charge is 0.478 e. The van der Waals surface area contributed by atoms with Crippen LogP contribution in [0, 0.1) is 5.41 Å². The highest BCUT2D eigenvalue weighted by Gasteiger charge is 2.13. The maximum absolute atomic E-state index is 11.3. The van der Waals surface area contributed by atoms with Gasteiger partial charge in [-0.05, 0) is 40.1 Å². The minimum atomic E-state index is -0.971. The van der Waals surface area contributed by atoms with Gasteiger partial charge in [-0.3, -0.25) is 0 Å². The fraction of sp³-hybridized carbons (Fsp3) is 0.100. The number of benzene rings is 3. The summed E-state index contributed by atoms with van der Waals surface area (Å²) < 4.78 is 0. The van der Waals surface area contributed by atoms with Crippen molar-refractivity contribution in [2.24, 2.45) is 0 Å². The molecule has 0 saturated carbocycles. The molecule has 0 aliphatic heterocycles. The molecule has 0 heterocycles. The smallest absolute Gasteiger partial charge is 0.331 e. The Morgan fingerprint density at radius 3 is 2.04 bits per heavy atom. The van der Waals surface area contributed by atoms with Crippen LogP contribution in [-0.4, -0.2) is 16.8 Å². The van der Waals surface area contributed by atoms with E-state index >= 15 is 0 Å².